The average Bonchev–Trinajstić information content (AvgIpc) is 2.30. The Balaban J connectivity index is 2.25. The lowest BCUT2D eigenvalue weighted by Crippen LogP contribution is -2.45. The second-order valence-electron chi connectivity index (χ2n) is 4.18. The lowest BCUT2D eigenvalue weighted by atomic mass is 10.1. The van der Waals surface area contributed by atoms with Crippen LogP contribution in [0.4, 0.5) is 0 Å². The molecule has 0 spiro atoms. The quantitative estimate of drug-likeness (QED) is 0.513. The highest BCUT2D eigenvalue weighted by Gasteiger charge is 2.17. The van der Waals surface area contributed by atoms with Crippen molar-refractivity contribution in [1.29, 1.82) is 0 Å². The first kappa shape index (κ1) is 14.4. The summed E-state index contributed by atoms with van der Waals surface area (Å²) in [5.41, 5.74) is 0. The maximum atomic E-state index is 11.7. The average molecular weight is 246 g/mol. The standard InChI is InChI=1S/C11H22N2O4/c14-5-3-13(4-6-15)9-11(16)12-10-1-7-17-8-2-10/h10,14-15H,1-9H2,(H,12,16). The van der Waals surface area contributed by atoms with Gasteiger partial charge in [0.1, 0.15) is 0 Å². The van der Waals surface area contributed by atoms with Gasteiger partial charge in [0.2, 0.25) is 5.91 Å². The van der Waals surface area contributed by atoms with Crippen molar-refractivity contribution < 1.29 is 19.7 Å². The predicted octanol–water partition coefficient (Wildman–Crippen LogP) is -1.43. The summed E-state index contributed by atoms with van der Waals surface area (Å²) in [6.07, 6.45) is 1.71. The topological polar surface area (TPSA) is 82.0 Å². The van der Waals surface area contributed by atoms with Gasteiger partial charge in [-0.15, -0.1) is 0 Å². The second-order valence-corrected chi connectivity index (χ2v) is 4.18. The van der Waals surface area contributed by atoms with Crippen LogP contribution in [0.25, 0.3) is 0 Å². The maximum absolute atomic E-state index is 11.7. The van der Waals surface area contributed by atoms with Gasteiger partial charge in [-0.1, -0.05) is 0 Å². The third-order valence-corrected chi connectivity index (χ3v) is 2.79. The number of aliphatic hydroxyl groups is 2. The van der Waals surface area contributed by atoms with Gasteiger partial charge in [0.25, 0.3) is 0 Å². The normalized spacial score (nSPS) is 17.4. The van der Waals surface area contributed by atoms with Gasteiger partial charge >= 0.3 is 0 Å². The number of carbonyl (C=O) groups excluding carboxylic acids is 1. The van der Waals surface area contributed by atoms with Gasteiger partial charge in [0.15, 0.2) is 0 Å². The molecule has 0 unspecified atom stereocenters. The molecular formula is C11H22N2O4. The molecule has 1 amide bonds. The molecule has 0 saturated carbocycles. The van der Waals surface area contributed by atoms with Gasteiger partial charge in [0.05, 0.1) is 19.8 Å². The Labute approximate surface area is 102 Å². The van der Waals surface area contributed by atoms with Crippen LogP contribution in [0.5, 0.6) is 0 Å². The van der Waals surface area contributed by atoms with Crippen molar-refractivity contribution in [1.82, 2.24) is 10.2 Å². The third-order valence-electron chi connectivity index (χ3n) is 2.79. The maximum Gasteiger partial charge on any atom is 0.234 e. The van der Waals surface area contributed by atoms with Gasteiger partial charge in [-0.05, 0) is 12.8 Å². The summed E-state index contributed by atoms with van der Waals surface area (Å²) in [6, 6.07) is 0.196. The number of amides is 1. The summed E-state index contributed by atoms with van der Waals surface area (Å²) >= 11 is 0. The Bertz CT molecular complexity index is 214. The summed E-state index contributed by atoms with van der Waals surface area (Å²) in [4.78, 5) is 13.4. The van der Waals surface area contributed by atoms with E-state index in [1.807, 2.05) is 0 Å². The number of hydrogen-bond acceptors (Lipinski definition) is 5. The molecule has 1 aliphatic rings. The second kappa shape index (κ2) is 8.41. The summed E-state index contributed by atoms with van der Waals surface area (Å²) in [5, 5.41) is 20.6. The molecule has 0 radical (unpaired) electrons. The van der Waals surface area contributed by atoms with E-state index in [1.165, 1.54) is 0 Å². The molecule has 0 aromatic rings. The monoisotopic (exact) mass is 246 g/mol. The summed E-state index contributed by atoms with van der Waals surface area (Å²) in [7, 11) is 0. The predicted molar refractivity (Wildman–Crippen MR) is 62.6 cm³/mol. The Morgan fingerprint density at radius 3 is 2.35 bits per heavy atom. The van der Waals surface area contributed by atoms with Crippen LogP contribution in [-0.4, -0.2) is 73.1 Å². The molecule has 17 heavy (non-hydrogen) atoms. The fraction of sp³-hybridized carbons (Fsp3) is 0.909. The van der Waals surface area contributed by atoms with E-state index in [0.29, 0.717) is 26.3 Å². The molecule has 0 aromatic carbocycles. The first-order chi connectivity index (χ1) is 8.26. The number of carbonyl (C=O) groups is 1. The Morgan fingerprint density at radius 2 is 1.82 bits per heavy atom. The van der Waals surface area contributed by atoms with Crippen LogP contribution < -0.4 is 5.32 Å². The van der Waals surface area contributed by atoms with Gasteiger partial charge in [-0.2, -0.15) is 0 Å². The Kier molecular flexibility index (Phi) is 7.11. The molecular weight excluding hydrogens is 224 g/mol. The van der Waals surface area contributed by atoms with E-state index in [0.717, 1.165) is 12.8 Å². The van der Waals surface area contributed by atoms with Gasteiger partial charge < -0.3 is 20.3 Å². The molecule has 0 bridgehead atoms. The smallest absolute Gasteiger partial charge is 0.234 e. The number of ether oxygens (including phenoxy) is 1. The fourth-order valence-corrected chi connectivity index (χ4v) is 1.87. The van der Waals surface area contributed by atoms with Crippen molar-refractivity contribution in [3.05, 3.63) is 0 Å². The zero-order valence-corrected chi connectivity index (χ0v) is 10.1. The molecule has 1 rings (SSSR count). The molecule has 6 heteroatoms. The molecule has 1 saturated heterocycles. The van der Waals surface area contributed by atoms with Crippen LogP contribution in [0.3, 0.4) is 0 Å². The number of nitrogens with zero attached hydrogens (tertiary/aromatic N) is 1. The SMILES string of the molecule is O=C(CN(CCO)CCO)NC1CCOCC1. The highest BCUT2D eigenvalue weighted by atomic mass is 16.5. The molecule has 0 aliphatic carbocycles. The number of aliphatic hydroxyl groups excluding tert-OH is 2. The Morgan fingerprint density at radius 1 is 1.24 bits per heavy atom. The summed E-state index contributed by atoms with van der Waals surface area (Å²) < 4.78 is 5.21. The van der Waals surface area contributed by atoms with Gasteiger partial charge in [-0.3, -0.25) is 9.69 Å². The van der Waals surface area contributed by atoms with Crippen LogP contribution in [0, 0.1) is 0 Å². The zero-order chi connectivity index (χ0) is 12.5. The van der Waals surface area contributed by atoms with Crippen LogP contribution in [0.2, 0.25) is 0 Å². The zero-order valence-electron chi connectivity index (χ0n) is 10.1. The molecule has 100 valence electrons. The van der Waals surface area contributed by atoms with E-state index in [4.69, 9.17) is 14.9 Å². The van der Waals surface area contributed by atoms with Crippen molar-refractivity contribution in [2.75, 3.05) is 46.1 Å². The minimum atomic E-state index is -0.0567. The third kappa shape index (κ3) is 5.97. The highest BCUT2D eigenvalue weighted by molar-refractivity contribution is 5.78. The van der Waals surface area contributed by atoms with Crippen molar-refractivity contribution >= 4 is 5.91 Å². The number of rotatable bonds is 7. The van der Waals surface area contributed by atoms with Crippen LogP contribution >= 0.6 is 0 Å². The summed E-state index contributed by atoms with van der Waals surface area (Å²) in [5.74, 6) is -0.0567. The molecule has 1 aliphatic heterocycles. The lowest BCUT2D eigenvalue weighted by molar-refractivity contribution is -0.123. The first-order valence-corrected chi connectivity index (χ1v) is 6.07. The van der Waals surface area contributed by atoms with Crippen LogP contribution in [-0.2, 0) is 9.53 Å². The lowest BCUT2D eigenvalue weighted by Gasteiger charge is -2.25. The molecule has 3 N–H and O–H groups in total. The van der Waals surface area contributed by atoms with Crippen molar-refractivity contribution in [3.63, 3.8) is 0 Å². The van der Waals surface area contributed by atoms with Crippen molar-refractivity contribution in [2.24, 2.45) is 0 Å². The molecule has 1 heterocycles. The fourth-order valence-electron chi connectivity index (χ4n) is 1.87. The van der Waals surface area contributed by atoms with Crippen molar-refractivity contribution in [2.45, 2.75) is 18.9 Å². The molecule has 6 nitrogen and oxygen atoms in total. The van der Waals surface area contributed by atoms with Crippen molar-refractivity contribution in [3.8, 4) is 0 Å². The summed E-state index contributed by atoms with van der Waals surface area (Å²) in [6.45, 7) is 2.40. The van der Waals surface area contributed by atoms with Gasteiger partial charge in [-0.25, -0.2) is 0 Å². The van der Waals surface area contributed by atoms with E-state index < -0.39 is 0 Å². The Hall–Kier alpha value is -0.690. The minimum absolute atomic E-state index is 0.00938. The number of nitrogens with one attached hydrogen (secondary N) is 1. The van der Waals surface area contributed by atoms with E-state index in [-0.39, 0.29) is 31.7 Å². The van der Waals surface area contributed by atoms with Crippen LogP contribution in [0.1, 0.15) is 12.8 Å². The van der Waals surface area contributed by atoms with E-state index in [2.05, 4.69) is 5.32 Å². The molecule has 1 fully saturated rings. The molecule has 0 atom stereocenters. The largest absolute Gasteiger partial charge is 0.395 e. The minimum Gasteiger partial charge on any atom is -0.395 e. The van der Waals surface area contributed by atoms with E-state index >= 15 is 0 Å². The molecule has 0 aromatic heterocycles. The highest BCUT2D eigenvalue weighted by Crippen LogP contribution is 2.05. The van der Waals surface area contributed by atoms with Crippen LogP contribution in [0.15, 0.2) is 0 Å². The van der Waals surface area contributed by atoms with Gasteiger partial charge in [0, 0.05) is 32.3 Å². The number of hydrogen-bond donors (Lipinski definition) is 3. The van der Waals surface area contributed by atoms with E-state index in [9.17, 15) is 4.79 Å². The van der Waals surface area contributed by atoms with E-state index in [1.54, 1.807) is 4.90 Å². The first-order valence-electron chi connectivity index (χ1n) is 6.07.